The molecule has 1 aliphatic rings. The maximum atomic E-state index is 12.5. The zero-order chi connectivity index (χ0) is 19.1. The van der Waals surface area contributed by atoms with E-state index in [2.05, 4.69) is 22.3 Å². The van der Waals surface area contributed by atoms with E-state index in [0.717, 1.165) is 44.0 Å². The summed E-state index contributed by atoms with van der Waals surface area (Å²) in [6, 6.07) is 15.7. The maximum Gasteiger partial charge on any atom is 0.317 e. The third-order valence-electron chi connectivity index (χ3n) is 4.70. The van der Waals surface area contributed by atoms with Crippen molar-refractivity contribution in [2.45, 2.75) is 19.6 Å². The first-order valence-electron chi connectivity index (χ1n) is 9.22. The molecule has 2 aromatic rings. The molecule has 1 aliphatic heterocycles. The van der Waals surface area contributed by atoms with Crippen molar-refractivity contribution >= 4 is 17.6 Å². The normalized spacial score (nSPS) is 14.7. The number of amides is 2. The second-order valence-corrected chi connectivity index (χ2v) is 7.24. The highest BCUT2D eigenvalue weighted by Crippen LogP contribution is 2.14. The van der Waals surface area contributed by atoms with E-state index in [-0.39, 0.29) is 6.03 Å². The molecule has 3 rings (SSSR count). The van der Waals surface area contributed by atoms with Gasteiger partial charge in [0.15, 0.2) is 0 Å². The van der Waals surface area contributed by atoms with Crippen LogP contribution in [0.1, 0.15) is 16.7 Å². The predicted octanol–water partition coefficient (Wildman–Crippen LogP) is 3.51. The summed E-state index contributed by atoms with van der Waals surface area (Å²) in [6.07, 6.45) is 0. The Morgan fingerprint density at radius 2 is 1.89 bits per heavy atom. The van der Waals surface area contributed by atoms with Gasteiger partial charge in [-0.15, -0.1) is 0 Å². The van der Waals surface area contributed by atoms with Crippen LogP contribution in [-0.4, -0.2) is 49.2 Å². The number of urea groups is 1. The summed E-state index contributed by atoms with van der Waals surface area (Å²) < 4.78 is 5.42. The second-order valence-electron chi connectivity index (χ2n) is 6.80. The lowest BCUT2D eigenvalue weighted by atomic mass is 10.1. The number of carbonyl (C=O) groups excluding carboxylic acids is 1. The molecule has 0 saturated carbocycles. The molecule has 1 N–H and O–H groups in total. The monoisotopic (exact) mass is 387 g/mol. The van der Waals surface area contributed by atoms with Crippen LogP contribution < -0.4 is 5.32 Å². The lowest BCUT2D eigenvalue weighted by Gasteiger charge is -2.27. The van der Waals surface area contributed by atoms with Crippen molar-refractivity contribution < 1.29 is 9.53 Å². The van der Waals surface area contributed by atoms with Crippen LogP contribution in [0.3, 0.4) is 0 Å². The Morgan fingerprint density at radius 1 is 1.15 bits per heavy atom. The van der Waals surface area contributed by atoms with Crippen LogP contribution in [0.5, 0.6) is 0 Å². The van der Waals surface area contributed by atoms with Crippen LogP contribution in [0.25, 0.3) is 0 Å². The van der Waals surface area contributed by atoms with E-state index in [4.69, 9.17) is 16.3 Å². The number of ether oxygens (including phenoxy) is 1. The van der Waals surface area contributed by atoms with E-state index in [9.17, 15) is 4.79 Å². The molecule has 2 amide bonds. The van der Waals surface area contributed by atoms with Crippen molar-refractivity contribution in [2.24, 2.45) is 0 Å². The number of nitrogens with one attached hydrogen (secondary N) is 1. The molecule has 2 aromatic carbocycles. The Kier molecular flexibility index (Phi) is 7.10. The first-order valence-corrected chi connectivity index (χ1v) is 9.60. The number of rotatable bonds is 6. The molecule has 1 saturated heterocycles. The maximum absolute atomic E-state index is 12.5. The van der Waals surface area contributed by atoms with E-state index < -0.39 is 0 Å². The van der Waals surface area contributed by atoms with E-state index >= 15 is 0 Å². The highest BCUT2D eigenvalue weighted by atomic mass is 35.5. The summed E-state index contributed by atoms with van der Waals surface area (Å²) in [4.78, 5) is 16.5. The van der Waals surface area contributed by atoms with Gasteiger partial charge in [-0.25, -0.2) is 4.79 Å². The van der Waals surface area contributed by atoms with Crippen molar-refractivity contribution in [2.75, 3.05) is 33.4 Å². The van der Waals surface area contributed by atoms with E-state index in [1.54, 1.807) is 11.9 Å². The summed E-state index contributed by atoms with van der Waals surface area (Å²) >= 11 is 6.02. The van der Waals surface area contributed by atoms with E-state index in [1.807, 2.05) is 36.4 Å². The van der Waals surface area contributed by atoms with Gasteiger partial charge in [-0.1, -0.05) is 48.0 Å². The number of benzene rings is 2. The molecular weight excluding hydrogens is 362 g/mol. The van der Waals surface area contributed by atoms with Crippen LogP contribution in [0, 0.1) is 0 Å². The number of nitrogens with zero attached hydrogens (tertiary/aromatic N) is 2. The van der Waals surface area contributed by atoms with Gasteiger partial charge in [0.1, 0.15) is 0 Å². The van der Waals surface area contributed by atoms with Crippen molar-refractivity contribution in [3.63, 3.8) is 0 Å². The van der Waals surface area contributed by atoms with Crippen molar-refractivity contribution in [3.05, 3.63) is 70.2 Å². The first-order chi connectivity index (χ1) is 13.1. The SMILES string of the molecule is CN(Cc1cccc(Cl)c1)C(=O)NCc1ccccc1CN1CCOCC1. The van der Waals surface area contributed by atoms with Crippen LogP contribution >= 0.6 is 11.6 Å². The predicted molar refractivity (Wildman–Crippen MR) is 108 cm³/mol. The highest BCUT2D eigenvalue weighted by Gasteiger charge is 2.14. The first kappa shape index (κ1) is 19.7. The Hall–Kier alpha value is -2.08. The van der Waals surface area contributed by atoms with Crippen LogP contribution in [-0.2, 0) is 24.4 Å². The fourth-order valence-electron chi connectivity index (χ4n) is 3.17. The molecule has 0 aromatic heterocycles. The highest BCUT2D eigenvalue weighted by molar-refractivity contribution is 6.30. The fourth-order valence-corrected chi connectivity index (χ4v) is 3.38. The van der Waals surface area contributed by atoms with E-state index in [1.165, 1.54) is 5.56 Å². The van der Waals surface area contributed by atoms with Crippen molar-refractivity contribution in [3.8, 4) is 0 Å². The van der Waals surface area contributed by atoms with Crippen LogP contribution in [0.15, 0.2) is 48.5 Å². The Bertz CT molecular complexity index is 763. The third-order valence-corrected chi connectivity index (χ3v) is 4.94. The van der Waals surface area contributed by atoms with Gasteiger partial charge in [0.2, 0.25) is 0 Å². The zero-order valence-electron chi connectivity index (χ0n) is 15.7. The number of hydrogen-bond donors (Lipinski definition) is 1. The molecule has 0 bridgehead atoms. The fraction of sp³-hybridized carbons (Fsp3) is 0.381. The molecule has 144 valence electrons. The lowest BCUT2D eigenvalue weighted by Crippen LogP contribution is -2.37. The second kappa shape index (κ2) is 9.74. The molecule has 1 heterocycles. The average Bonchev–Trinajstić information content (AvgIpc) is 2.68. The lowest BCUT2D eigenvalue weighted by molar-refractivity contribution is 0.0341. The third kappa shape index (κ3) is 5.96. The summed E-state index contributed by atoms with van der Waals surface area (Å²) in [5.74, 6) is 0. The van der Waals surface area contributed by atoms with Crippen LogP contribution in [0.4, 0.5) is 4.79 Å². The van der Waals surface area contributed by atoms with Crippen molar-refractivity contribution in [1.82, 2.24) is 15.1 Å². The summed E-state index contributed by atoms with van der Waals surface area (Å²) in [7, 11) is 1.79. The molecule has 0 radical (unpaired) electrons. The molecule has 5 nitrogen and oxygen atoms in total. The number of carbonyl (C=O) groups is 1. The Labute approximate surface area is 165 Å². The molecule has 27 heavy (non-hydrogen) atoms. The quantitative estimate of drug-likeness (QED) is 0.824. The summed E-state index contributed by atoms with van der Waals surface area (Å²) in [6.45, 7) is 5.38. The minimum absolute atomic E-state index is 0.101. The van der Waals surface area contributed by atoms with Crippen molar-refractivity contribution in [1.29, 1.82) is 0 Å². The zero-order valence-corrected chi connectivity index (χ0v) is 16.4. The standard InChI is InChI=1S/C21H26ClN3O2/c1-24(15-17-5-4-8-20(22)13-17)21(26)23-14-18-6-2-3-7-19(18)16-25-9-11-27-12-10-25/h2-8,13H,9-12,14-16H2,1H3,(H,23,26). The topological polar surface area (TPSA) is 44.8 Å². The molecule has 6 heteroatoms. The van der Waals surface area contributed by atoms with Gasteiger partial charge < -0.3 is 15.0 Å². The number of hydrogen-bond acceptors (Lipinski definition) is 3. The summed E-state index contributed by atoms with van der Waals surface area (Å²) in [5, 5.41) is 3.70. The van der Waals surface area contributed by atoms with Gasteiger partial charge in [0.05, 0.1) is 13.2 Å². The van der Waals surface area contributed by atoms with Crippen LogP contribution in [0.2, 0.25) is 5.02 Å². The van der Waals surface area contributed by atoms with Gasteiger partial charge in [-0.05, 0) is 28.8 Å². The molecule has 0 aliphatic carbocycles. The number of halogens is 1. The van der Waals surface area contributed by atoms with E-state index in [0.29, 0.717) is 18.1 Å². The van der Waals surface area contributed by atoms with Gasteiger partial charge in [0, 0.05) is 44.8 Å². The van der Waals surface area contributed by atoms with Gasteiger partial charge >= 0.3 is 6.03 Å². The Balaban J connectivity index is 1.55. The molecule has 1 fully saturated rings. The molecule has 0 atom stereocenters. The van der Waals surface area contributed by atoms with Gasteiger partial charge in [-0.3, -0.25) is 4.90 Å². The minimum atomic E-state index is -0.101. The minimum Gasteiger partial charge on any atom is -0.379 e. The molecule has 0 unspecified atom stereocenters. The number of morpholine rings is 1. The van der Waals surface area contributed by atoms with Gasteiger partial charge in [0.25, 0.3) is 0 Å². The Morgan fingerprint density at radius 3 is 2.63 bits per heavy atom. The smallest absolute Gasteiger partial charge is 0.317 e. The average molecular weight is 388 g/mol. The molecular formula is C21H26ClN3O2. The molecule has 0 spiro atoms. The summed E-state index contributed by atoms with van der Waals surface area (Å²) in [5.41, 5.74) is 3.40. The largest absolute Gasteiger partial charge is 0.379 e. The van der Waals surface area contributed by atoms with Gasteiger partial charge in [-0.2, -0.15) is 0 Å².